The molecule has 0 amide bonds. The van der Waals surface area contributed by atoms with Crippen molar-refractivity contribution in [2.75, 3.05) is 13.6 Å². The summed E-state index contributed by atoms with van der Waals surface area (Å²) < 4.78 is 0. The first-order valence-electron chi connectivity index (χ1n) is 6.14. The maximum Gasteiger partial charge on any atom is 0.0798 e. The van der Waals surface area contributed by atoms with Gasteiger partial charge in [0.2, 0.25) is 0 Å². The van der Waals surface area contributed by atoms with E-state index in [2.05, 4.69) is 44.6 Å². The van der Waals surface area contributed by atoms with Gasteiger partial charge in [-0.3, -0.25) is 0 Å². The van der Waals surface area contributed by atoms with Gasteiger partial charge in [-0.15, -0.1) is 11.3 Å². The molecule has 1 unspecified atom stereocenters. The van der Waals surface area contributed by atoms with E-state index in [1.807, 2.05) is 5.51 Å². The number of hydrogen-bond donors (Lipinski definition) is 1. The number of thiazole rings is 1. The zero-order chi connectivity index (χ0) is 13.1. The monoisotopic (exact) mass is 255 g/mol. The SMILES string of the molecule is Cc1ncsc1CN(C)CCC(N)C(C)(C)C. The number of hydrogen-bond acceptors (Lipinski definition) is 4. The molecule has 2 N–H and O–H groups in total. The van der Waals surface area contributed by atoms with Crippen molar-refractivity contribution in [2.24, 2.45) is 11.1 Å². The largest absolute Gasteiger partial charge is 0.327 e. The molecule has 0 aliphatic carbocycles. The molecule has 0 saturated carbocycles. The summed E-state index contributed by atoms with van der Waals surface area (Å²) in [6.07, 6.45) is 1.04. The number of rotatable bonds is 5. The zero-order valence-electron chi connectivity index (χ0n) is 11.7. The molecule has 1 aromatic heterocycles. The molecular weight excluding hydrogens is 230 g/mol. The highest BCUT2D eigenvalue weighted by Gasteiger charge is 2.20. The fraction of sp³-hybridized carbons (Fsp3) is 0.769. The van der Waals surface area contributed by atoms with Gasteiger partial charge in [0.1, 0.15) is 0 Å². The molecule has 4 heteroatoms. The van der Waals surface area contributed by atoms with Crippen molar-refractivity contribution in [3.63, 3.8) is 0 Å². The Morgan fingerprint density at radius 3 is 2.59 bits per heavy atom. The molecule has 98 valence electrons. The van der Waals surface area contributed by atoms with E-state index >= 15 is 0 Å². The Labute approximate surface area is 109 Å². The van der Waals surface area contributed by atoms with Gasteiger partial charge >= 0.3 is 0 Å². The molecule has 0 radical (unpaired) electrons. The summed E-state index contributed by atoms with van der Waals surface area (Å²) in [7, 11) is 2.15. The molecule has 0 spiro atoms. The van der Waals surface area contributed by atoms with E-state index in [1.54, 1.807) is 11.3 Å². The van der Waals surface area contributed by atoms with Gasteiger partial charge in [-0.1, -0.05) is 20.8 Å². The van der Waals surface area contributed by atoms with Crippen LogP contribution in [0, 0.1) is 12.3 Å². The molecule has 1 heterocycles. The van der Waals surface area contributed by atoms with Crippen LogP contribution in [-0.2, 0) is 6.54 Å². The van der Waals surface area contributed by atoms with Gasteiger partial charge in [0.05, 0.1) is 11.2 Å². The minimum absolute atomic E-state index is 0.196. The normalized spacial score (nSPS) is 14.3. The first-order chi connectivity index (χ1) is 7.80. The topological polar surface area (TPSA) is 42.2 Å². The van der Waals surface area contributed by atoms with Crippen LogP contribution in [0.1, 0.15) is 37.8 Å². The molecule has 0 bridgehead atoms. The quantitative estimate of drug-likeness (QED) is 0.879. The Morgan fingerprint density at radius 1 is 1.47 bits per heavy atom. The smallest absolute Gasteiger partial charge is 0.0798 e. The second kappa shape index (κ2) is 5.94. The lowest BCUT2D eigenvalue weighted by Crippen LogP contribution is -2.37. The summed E-state index contributed by atoms with van der Waals surface area (Å²) in [5.41, 5.74) is 9.43. The number of nitrogens with two attached hydrogens (primary N) is 1. The van der Waals surface area contributed by atoms with Gasteiger partial charge in [-0.05, 0) is 32.4 Å². The summed E-state index contributed by atoms with van der Waals surface area (Å²) in [6.45, 7) is 10.7. The van der Waals surface area contributed by atoms with E-state index < -0.39 is 0 Å². The Balaban J connectivity index is 2.36. The second-order valence-corrected chi connectivity index (χ2v) is 6.80. The molecule has 1 atom stereocenters. The highest BCUT2D eigenvalue weighted by Crippen LogP contribution is 2.20. The first-order valence-corrected chi connectivity index (χ1v) is 7.01. The van der Waals surface area contributed by atoms with Crippen molar-refractivity contribution in [1.82, 2.24) is 9.88 Å². The number of aryl methyl sites for hydroxylation is 1. The Kier molecular flexibility index (Phi) is 5.10. The van der Waals surface area contributed by atoms with Gasteiger partial charge < -0.3 is 10.6 Å². The van der Waals surface area contributed by atoms with Gasteiger partial charge in [0.25, 0.3) is 0 Å². The van der Waals surface area contributed by atoms with E-state index in [0.29, 0.717) is 0 Å². The van der Waals surface area contributed by atoms with Crippen LogP contribution < -0.4 is 5.73 Å². The molecule has 0 aliphatic heterocycles. The molecule has 0 saturated heterocycles. The van der Waals surface area contributed by atoms with Crippen molar-refractivity contribution in [3.8, 4) is 0 Å². The van der Waals surface area contributed by atoms with Crippen LogP contribution in [0.3, 0.4) is 0 Å². The predicted octanol–water partition coefficient (Wildman–Crippen LogP) is 2.65. The molecule has 0 aliphatic rings. The summed E-state index contributed by atoms with van der Waals surface area (Å²) in [5, 5.41) is 0. The van der Waals surface area contributed by atoms with Crippen molar-refractivity contribution in [1.29, 1.82) is 0 Å². The highest BCUT2D eigenvalue weighted by atomic mass is 32.1. The highest BCUT2D eigenvalue weighted by molar-refractivity contribution is 7.09. The van der Waals surface area contributed by atoms with Crippen LogP contribution in [0.4, 0.5) is 0 Å². The van der Waals surface area contributed by atoms with Gasteiger partial charge in [0, 0.05) is 17.5 Å². The van der Waals surface area contributed by atoms with Gasteiger partial charge in [-0.2, -0.15) is 0 Å². The third-order valence-corrected chi connectivity index (χ3v) is 4.11. The van der Waals surface area contributed by atoms with E-state index in [1.165, 1.54) is 4.88 Å². The minimum atomic E-state index is 0.196. The third-order valence-electron chi connectivity index (χ3n) is 3.19. The maximum absolute atomic E-state index is 6.17. The Hall–Kier alpha value is -0.450. The molecule has 3 nitrogen and oxygen atoms in total. The third kappa shape index (κ3) is 4.74. The van der Waals surface area contributed by atoms with Crippen LogP contribution in [-0.4, -0.2) is 29.5 Å². The van der Waals surface area contributed by atoms with E-state index in [0.717, 1.165) is 25.2 Å². The fourth-order valence-electron chi connectivity index (χ4n) is 1.59. The fourth-order valence-corrected chi connectivity index (χ4v) is 2.45. The molecule has 1 aromatic rings. The molecule has 17 heavy (non-hydrogen) atoms. The van der Waals surface area contributed by atoms with Crippen molar-refractivity contribution >= 4 is 11.3 Å². The molecule has 0 aromatic carbocycles. The zero-order valence-corrected chi connectivity index (χ0v) is 12.5. The Bertz CT molecular complexity index is 341. The lowest BCUT2D eigenvalue weighted by atomic mass is 9.85. The van der Waals surface area contributed by atoms with Crippen molar-refractivity contribution in [2.45, 2.75) is 46.7 Å². The molecular formula is C13H25N3S. The molecule has 0 fully saturated rings. The van der Waals surface area contributed by atoms with Gasteiger partial charge in [0.15, 0.2) is 0 Å². The summed E-state index contributed by atoms with van der Waals surface area (Å²) in [5.74, 6) is 0. The van der Waals surface area contributed by atoms with Crippen molar-refractivity contribution in [3.05, 3.63) is 16.1 Å². The summed E-state index contributed by atoms with van der Waals surface area (Å²) in [6, 6.07) is 0.257. The van der Waals surface area contributed by atoms with Crippen molar-refractivity contribution < 1.29 is 0 Å². The predicted molar refractivity (Wildman–Crippen MR) is 75.2 cm³/mol. The molecule has 1 rings (SSSR count). The average Bonchev–Trinajstić information content (AvgIpc) is 2.59. The van der Waals surface area contributed by atoms with E-state index in [-0.39, 0.29) is 11.5 Å². The van der Waals surface area contributed by atoms with E-state index in [9.17, 15) is 0 Å². The number of nitrogens with zero attached hydrogens (tertiary/aromatic N) is 2. The lowest BCUT2D eigenvalue weighted by Gasteiger charge is -2.28. The standard InChI is InChI=1S/C13H25N3S/c1-10-11(17-9-15-10)8-16(5)7-6-12(14)13(2,3)4/h9,12H,6-8,14H2,1-5H3. The van der Waals surface area contributed by atoms with E-state index in [4.69, 9.17) is 5.73 Å². The maximum atomic E-state index is 6.17. The van der Waals surface area contributed by atoms with Crippen LogP contribution in [0.15, 0.2) is 5.51 Å². The summed E-state index contributed by atoms with van der Waals surface area (Å²) in [4.78, 5) is 7.96. The first kappa shape index (κ1) is 14.6. The van der Waals surface area contributed by atoms with Gasteiger partial charge in [-0.25, -0.2) is 4.98 Å². The Morgan fingerprint density at radius 2 is 2.12 bits per heavy atom. The lowest BCUT2D eigenvalue weighted by molar-refractivity contribution is 0.252. The van der Waals surface area contributed by atoms with Crippen LogP contribution in [0.2, 0.25) is 0 Å². The van der Waals surface area contributed by atoms with Crippen LogP contribution in [0.25, 0.3) is 0 Å². The minimum Gasteiger partial charge on any atom is -0.327 e. The van der Waals surface area contributed by atoms with Crippen LogP contribution >= 0.6 is 11.3 Å². The average molecular weight is 255 g/mol. The number of aromatic nitrogens is 1. The van der Waals surface area contributed by atoms with Crippen LogP contribution in [0.5, 0.6) is 0 Å². The second-order valence-electron chi connectivity index (χ2n) is 5.86. The summed E-state index contributed by atoms with van der Waals surface area (Å²) >= 11 is 1.73.